The van der Waals surface area contributed by atoms with Crippen LogP contribution in [0.4, 0.5) is 0 Å². The van der Waals surface area contributed by atoms with Crippen LogP contribution in [0, 0.1) is 5.92 Å². The number of hydrogen-bond acceptors (Lipinski definition) is 2. The van der Waals surface area contributed by atoms with Crippen molar-refractivity contribution in [3.8, 4) is 0 Å². The van der Waals surface area contributed by atoms with Gasteiger partial charge in [0, 0.05) is 12.5 Å². The van der Waals surface area contributed by atoms with Gasteiger partial charge in [0.1, 0.15) is 0 Å². The summed E-state index contributed by atoms with van der Waals surface area (Å²) in [5.74, 6) is 0.355. The van der Waals surface area contributed by atoms with Gasteiger partial charge in [-0.1, -0.05) is 43.2 Å². The number of benzene rings is 1. The van der Waals surface area contributed by atoms with Gasteiger partial charge in [0.2, 0.25) is 0 Å². The van der Waals surface area contributed by atoms with Crippen molar-refractivity contribution in [2.24, 2.45) is 5.92 Å². The van der Waals surface area contributed by atoms with Crippen molar-refractivity contribution in [3.63, 3.8) is 0 Å². The summed E-state index contributed by atoms with van der Waals surface area (Å²) in [6.45, 7) is 0.964. The molecule has 0 spiro atoms. The van der Waals surface area contributed by atoms with Gasteiger partial charge in [0.15, 0.2) is 0 Å². The first-order valence-electron chi connectivity index (χ1n) is 6.55. The van der Waals surface area contributed by atoms with E-state index in [4.69, 9.17) is 0 Å². The Kier molecular flexibility index (Phi) is 5.64. The largest absolute Gasteiger partial charge is 0.385 e. The SMILES string of the molecule is CN(C)CC1CCCCC1(O)c1ccccc1.Cl. The number of rotatable bonds is 3. The average Bonchev–Trinajstić information content (AvgIpc) is 2.33. The van der Waals surface area contributed by atoms with Crippen LogP contribution in [-0.2, 0) is 5.60 Å². The Bertz CT molecular complexity index is 355. The second kappa shape index (κ2) is 6.55. The van der Waals surface area contributed by atoms with E-state index in [0.29, 0.717) is 5.92 Å². The predicted octanol–water partition coefficient (Wildman–Crippen LogP) is 3.05. The Labute approximate surface area is 116 Å². The van der Waals surface area contributed by atoms with E-state index in [0.717, 1.165) is 31.4 Å². The van der Waals surface area contributed by atoms with Crippen molar-refractivity contribution in [2.45, 2.75) is 31.3 Å². The third-order valence-electron chi connectivity index (χ3n) is 3.90. The van der Waals surface area contributed by atoms with Gasteiger partial charge in [0.25, 0.3) is 0 Å². The summed E-state index contributed by atoms with van der Waals surface area (Å²) in [5, 5.41) is 11.0. The minimum absolute atomic E-state index is 0. The molecule has 0 bridgehead atoms. The lowest BCUT2D eigenvalue weighted by molar-refractivity contribution is -0.0618. The van der Waals surface area contributed by atoms with E-state index in [9.17, 15) is 5.11 Å². The van der Waals surface area contributed by atoms with Crippen LogP contribution < -0.4 is 0 Å². The fraction of sp³-hybridized carbons (Fsp3) is 0.600. The van der Waals surface area contributed by atoms with Crippen LogP contribution in [-0.4, -0.2) is 30.6 Å². The van der Waals surface area contributed by atoms with Crippen LogP contribution in [0.25, 0.3) is 0 Å². The lowest BCUT2D eigenvalue weighted by Gasteiger charge is -2.41. The van der Waals surface area contributed by atoms with Crippen molar-refractivity contribution < 1.29 is 5.11 Å². The first-order chi connectivity index (χ1) is 8.13. The van der Waals surface area contributed by atoms with Gasteiger partial charge in [-0.3, -0.25) is 0 Å². The zero-order valence-electron chi connectivity index (χ0n) is 11.3. The molecule has 0 amide bonds. The third kappa shape index (κ3) is 3.25. The second-order valence-corrected chi connectivity index (χ2v) is 5.50. The molecule has 1 N–H and O–H groups in total. The molecule has 0 heterocycles. The van der Waals surface area contributed by atoms with Crippen LogP contribution >= 0.6 is 12.4 Å². The first kappa shape index (κ1) is 15.5. The molecule has 1 aromatic rings. The summed E-state index contributed by atoms with van der Waals surface area (Å²) in [5.41, 5.74) is 0.468. The van der Waals surface area contributed by atoms with E-state index in [1.807, 2.05) is 18.2 Å². The molecule has 1 aliphatic carbocycles. The smallest absolute Gasteiger partial charge is 0.0936 e. The molecule has 2 unspecified atom stereocenters. The van der Waals surface area contributed by atoms with E-state index >= 15 is 0 Å². The summed E-state index contributed by atoms with van der Waals surface area (Å²) < 4.78 is 0. The Morgan fingerprint density at radius 3 is 2.50 bits per heavy atom. The minimum atomic E-state index is -0.621. The molecule has 0 saturated heterocycles. The molecule has 2 rings (SSSR count). The normalized spacial score (nSPS) is 27.9. The van der Waals surface area contributed by atoms with Crippen molar-refractivity contribution in [1.82, 2.24) is 4.90 Å². The van der Waals surface area contributed by atoms with Gasteiger partial charge < -0.3 is 10.0 Å². The standard InChI is InChI=1S/C15H23NO.ClH/c1-16(2)12-14-10-6-7-11-15(14,17)13-8-4-3-5-9-13;/h3-5,8-9,14,17H,6-7,10-12H2,1-2H3;1H. The first-order valence-corrected chi connectivity index (χ1v) is 6.55. The summed E-state index contributed by atoms with van der Waals surface area (Å²) in [6.07, 6.45) is 4.40. The van der Waals surface area contributed by atoms with Gasteiger partial charge in [0.05, 0.1) is 5.60 Å². The molecule has 1 saturated carbocycles. The number of hydrogen-bond donors (Lipinski definition) is 1. The maximum atomic E-state index is 11.0. The highest BCUT2D eigenvalue weighted by molar-refractivity contribution is 5.85. The van der Waals surface area contributed by atoms with Crippen LogP contribution in [0.3, 0.4) is 0 Å². The van der Waals surface area contributed by atoms with Crippen molar-refractivity contribution in [2.75, 3.05) is 20.6 Å². The molecule has 0 aliphatic heterocycles. The molecular weight excluding hydrogens is 246 g/mol. The molecule has 1 fully saturated rings. The molecule has 18 heavy (non-hydrogen) atoms. The molecule has 2 atom stereocenters. The molecule has 0 aromatic heterocycles. The quantitative estimate of drug-likeness (QED) is 0.912. The van der Waals surface area contributed by atoms with E-state index < -0.39 is 5.60 Å². The highest BCUT2D eigenvalue weighted by Crippen LogP contribution is 2.41. The lowest BCUT2D eigenvalue weighted by Crippen LogP contribution is -2.42. The zero-order chi connectivity index (χ0) is 12.3. The number of halogens is 1. The van der Waals surface area contributed by atoms with Gasteiger partial charge in [-0.25, -0.2) is 0 Å². The van der Waals surface area contributed by atoms with Gasteiger partial charge in [-0.15, -0.1) is 12.4 Å². The fourth-order valence-electron chi connectivity index (χ4n) is 3.02. The zero-order valence-corrected chi connectivity index (χ0v) is 12.1. The fourth-order valence-corrected chi connectivity index (χ4v) is 3.02. The Morgan fingerprint density at radius 1 is 1.22 bits per heavy atom. The molecule has 0 radical (unpaired) electrons. The van der Waals surface area contributed by atoms with Gasteiger partial charge in [-0.05, 0) is 32.5 Å². The maximum Gasteiger partial charge on any atom is 0.0936 e. The van der Waals surface area contributed by atoms with Crippen LogP contribution in [0.2, 0.25) is 0 Å². The maximum absolute atomic E-state index is 11.0. The summed E-state index contributed by atoms with van der Waals surface area (Å²) >= 11 is 0. The Morgan fingerprint density at radius 2 is 1.89 bits per heavy atom. The van der Waals surface area contributed by atoms with E-state index in [2.05, 4.69) is 31.1 Å². The molecule has 1 aliphatic rings. The highest BCUT2D eigenvalue weighted by atomic mass is 35.5. The van der Waals surface area contributed by atoms with Crippen molar-refractivity contribution >= 4 is 12.4 Å². The summed E-state index contributed by atoms with van der Waals surface area (Å²) in [4.78, 5) is 2.18. The van der Waals surface area contributed by atoms with Gasteiger partial charge in [-0.2, -0.15) is 0 Å². The summed E-state index contributed by atoms with van der Waals surface area (Å²) in [7, 11) is 4.17. The van der Waals surface area contributed by atoms with E-state index in [1.54, 1.807) is 0 Å². The second-order valence-electron chi connectivity index (χ2n) is 5.50. The minimum Gasteiger partial charge on any atom is -0.385 e. The Hall–Kier alpha value is -0.570. The molecular formula is C15H24ClNO. The molecule has 102 valence electrons. The summed E-state index contributed by atoms with van der Waals surface area (Å²) in [6, 6.07) is 10.2. The number of aliphatic hydroxyl groups is 1. The topological polar surface area (TPSA) is 23.5 Å². The van der Waals surface area contributed by atoms with Crippen molar-refractivity contribution in [1.29, 1.82) is 0 Å². The van der Waals surface area contributed by atoms with Crippen LogP contribution in [0.1, 0.15) is 31.2 Å². The van der Waals surface area contributed by atoms with Gasteiger partial charge >= 0.3 is 0 Å². The predicted molar refractivity (Wildman–Crippen MR) is 78.1 cm³/mol. The monoisotopic (exact) mass is 269 g/mol. The average molecular weight is 270 g/mol. The number of nitrogens with zero attached hydrogens (tertiary/aromatic N) is 1. The molecule has 1 aromatic carbocycles. The van der Waals surface area contributed by atoms with Crippen LogP contribution in [0.15, 0.2) is 30.3 Å². The lowest BCUT2D eigenvalue weighted by atomic mass is 9.71. The molecule has 2 nitrogen and oxygen atoms in total. The molecule has 3 heteroatoms. The van der Waals surface area contributed by atoms with E-state index in [-0.39, 0.29) is 12.4 Å². The Balaban J connectivity index is 0.00000162. The van der Waals surface area contributed by atoms with E-state index in [1.165, 1.54) is 6.42 Å². The highest BCUT2D eigenvalue weighted by Gasteiger charge is 2.40. The third-order valence-corrected chi connectivity index (χ3v) is 3.90. The van der Waals surface area contributed by atoms with Crippen molar-refractivity contribution in [3.05, 3.63) is 35.9 Å². The van der Waals surface area contributed by atoms with Crippen LogP contribution in [0.5, 0.6) is 0 Å².